The van der Waals surface area contributed by atoms with Crippen molar-refractivity contribution in [1.29, 1.82) is 0 Å². The zero-order valence-electron chi connectivity index (χ0n) is 9.14. The highest BCUT2D eigenvalue weighted by molar-refractivity contribution is 5.57. The summed E-state index contributed by atoms with van der Waals surface area (Å²) in [5, 5.41) is 3.48. The number of azide groups is 1. The summed E-state index contributed by atoms with van der Waals surface area (Å²) in [6, 6.07) is 6.25. The molecule has 0 aliphatic rings. The van der Waals surface area contributed by atoms with Gasteiger partial charge in [-0.25, -0.2) is 0 Å². The number of aryl methyl sites for hydroxylation is 2. The summed E-state index contributed by atoms with van der Waals surface area (Å²) in [5.41, 5.74) is 11.9. The van der Waals surface area contributed by atoms with Crippen molar-refractivity contribution in [1.82, 2.24) is 0 Å². The summed E-state index contributed by atoms with van der Waals surface area (Å²) in [7, 11) is 0. The van der Waals surface area contributed by atoms with Crippen LogP contribution in [0.5, 0.6) is 0 Å². The van der Waals surface area contributed by atoms with Crippen LogP contribution in [-0.4, -0.2) is 6.54 Å². The van der Waals surface area contributed by atoms with E-state index in [1.807, 2.05) is 6.08 Å². The first-order chi connectivity index (χ1) is 7.25. The molecular weight excluding hydrogens is 186 g/mol. The Morgan fingerprint density at radius 1 is 1.33 bits per heavy atom. The molecule has 0 fully saturated rings. The Morgan fingerprint density at radius 3 is 2.60 bits per heavy atom. The molecule has 1 aromatic carbocycles. The molecule has 0 bridgehead atoms. The summed E-state index contributed by atoms with van der Waals surface area (Å²) in [6.45, 7) is 4.72. The number of nitrogens with zero attached hydrogens (tertiary/aromatic N) is 3. The molecule has 0 aromatic heterocycles. The second-order valence-electron chi connectivity index (χ2n) is 3.45. The molecule has 0 unspecified atom stereocenters. The molecule has 0 radical (unpaired) electrons. The normalized spacial score (nSPS) is 10.3. The van der Waals surface area contributed by atoms with Crippen LogP contribution in [-0.2, 0) is 0 Å². The van der Waals surface area contributed by atoms with Crippen LogP contribution >= 0.6 is 0 Å². The lowest BCUT2D eigenvalue weighted by molar-refractivity contribution is 0.995. The lowest BCUT2D eigenvalue weighted by atomic mass is 10.0. The smallest absolute Gasteiger partial charge is 0.0292 e. The molecule has 3 heteroatoms. The molecule has 78 valence electrons. The van der Waals surface area contributed by atoms with E-state index >= 15 is 0 Å². The fourth-order valence-corrected chi connectivity index (χ4v) is 1.47. The summed E-state index contributed by atoms with van der Waals surface area (Å²) >= 11 is 0. The van der Waals surface area contributed by atoms with Gasteiger partial charge >= 0.3 is 0 Å². The second kappa shape index (κ2) is 5.89. The third-order valence-corrected chi connectivity index (χ3v) is 2.29. The molecule has 1 aromatic rings. The molecule has 0 aliphatic heterocycles. The van der Waals surface area contributed by atoms with Gasteiger partial charge in [-0.05, 0) is 42.5 Å². The van der Waals surface area contributed by atoms with E-state index in [1.165, 1.54) is 16.7 Å². The maximum absolute atomic E-state index is 8.11. The molecule has 0 atom stereocenters. The topological polar surface area (TPSA) is 48.8 Å². The Hall–Kier alpha value is -1.73. The van der Waals surface area contributed by atoms with Gasteiger partial charge in [-0.15, -0.1) is 0 Å². The second-order valence-corrected chi connectivity index (χ2v) is 3.45. The summed E-state index contributed by atoms with van der Waals surface area (Å²) < 4.78 is 0. The SMILES string of the molecule is Cc1cccc(C)c1C=CCCN=[N+]=[N-]. The standard InChI is InChI=1S/C12H15N3/c1-10-6-5-7-11(2)12(10)8-3-4-9-14-15-13/h3,5-8H,4,9H2,1-2H3. The van der Waals surface area contributed by atoms with Gasteiger partial charge in [-0.1, -0.05) is 35.5 Å². The quantitative estimate of drug-likeness (QED) is 0.306. The van der Waals surface area contributed by atoms with Crippen molar-refractivity contribution in [3.8, 4) is 0 Å². The Bertz CT molecular complexity index is 381. The van der Waals surface area contributed by atoms with Crippen molar-refractivity contribution >= 4 is 6.08 Å². The van der Waals surface area contributed by atoms with Gasteiger partial charge in [0.25, 0.3) is 0 Å². The van der Waals surface area contributed by atoms with Crippen LogP contribution in [0.15, 0.2) is 29.4 Å². The van der Waals surface area contributed by atoms with Crippen molar-refractivity contribution < 1.29 is 0 Å². The fourth-order valence-electron chi connectivity index (χ4n) is 1.47. The molecule has 0 spiro atoms. The van der Waals surface area contributed by atoms with Gasteiger partial charge in [-0.2, -0.15) is 0 Å². The van der Waals surface area contributed by atoms with Crippen LogP contribution in [0.1, 0.15) is 23.1 Å². The maximum Gasteiger partial charge on any atom is 0.0292 e. The molecule has 0 saturated heterocycles. The van der Waals surface area contributed by atoms with Crippen molar-refractivity contribution in [2.45, 2.75) is 20.3 Å². The van der Waals surface area contributed by atoms with E-state index in [2.05, 4.69) is 48.1 Å². The fraction of sp³-hybridized carbons (Fsp3) is 0.333. The van der Waals surface area contributed by atoms with Crippen molar-refractivity contribution in [3.63, 3.8) is 0 Å². The lowest BCUT2D eigenvalue weighted by Gasteiger charge is -2.03. The van der Waals surface area contributed by atoms with Crippen LogP contribution in [0.3, 0.4) is 0 Å². The monoisotopic (exact) mass is 201 g/mol. The molecular formula is C12H15N3. The van der Waals surface area contributed by atoms with E-state index in [0.29, 0.717) is 6.54 Å². The number of benzene rings is 1. The minimum Gasteiger partial charge on any atom is -0.0937 e. The van der Waals surface area contributed by atoms with Crippen LogP contribution < -0.4 is 0 Å². The van der Waals surface area contributed by atoms with Gasteiger partial charge in [-0.3, -0.25) is 0 Å². The molecule has 15 heavy (non-hydrogen) atoms. The van der Waals surface area contributed by atoms with Crippen LogP contribution in [0, 0.1) is 13.8 Å². The van der Waals surface area contributed by atoms with Crippen LogP contribution in [0.4, 0.5) is 0 Å². The van der Waals surface area contributed by atoms with E-state index in [4.69, 9.17) is 5.53 Å². The van der Waals surface area contributed by atoms with E-state index in [9.17, 15) is 0 Å². The van der Waals surface area contributed by atoms with Gasteiger partial charge in [0.05, 0.1) is 0 Å². The first-order valence-electron chi connectivity index (χ1n) is 4.99. The van der Waals surface area contributed by atoms with Crippen molar-refractivity contribution in [2.24, 2.45) is 5.11 Å². The summed E-state index contributed by atoms with van der Waals surface area (Å²) in [4.78, 5) is 2.71. The van der Waals surface area contributed by atoms with E-state index in [-0.39, 0.29) is 0 Å². The highest BCUT2D eigenvalue weighted by Crippen LogP contribution is 2.15. The highest BCUT2D eigenvalue weighted by atomic mass is 15.1. The number of rotatable bonds is 4. The largest absolute Gasteiger partial charge is 0.0937 e. The molecule has 0 heterocycles. The first-order valence-corrected chi connectivity index (χ1v) is 4.99. The third kappa shape index (κ3) is 3.49. The minimum absolute atomic E-state index is 0.526. The van der Waals surface area contributed by atoms with Crippen molar-refractivity contribution in [3.05, 3.63) is 51.4 Å². The molecule has 0 saturated carbocycles. The Balaban J connectivity index is 2.67. The predicted octanol–water partition coefficient (Wildman–Crippen LogP) is 4.02. The van der Waals surface area contributed by atoms with Gasteiger partial charge in [0, 0.05) is 11.5 Å². The van der Waals surface area contributed by atoms with Crippen LogP contribution in [0.2, 0.25) is 0 Å². The molecule has 0 aliphatic carbocycles. The van der Waals surface area contributed by atoms with Crippen LogP contribution in [0.25, 0.3) is 16.5 Å². The van der Waals surface area contributed by atoms with E-state index in [1.54, 1.807) is 0 Å². The average molecular weight is 201 g/mol. The van der Waals surface area contributed by atoms with E-state index in [0.717, 1.165) is 6.42 Å². The predicted molar refractivity (Wildman–Crippen MR) is 63.6 cm³/mol. The molecule has 3 nitrogen and oxygen atoms in total. The first kappa shape index (κ1) is 11.3. The molecule has 0 amide bonds. The lowest BCUT2D eigenvalue weighted by Crippen LogP contribution is -1.85. The third-order valence-electron chi connectivity index (χ3n) is 2.29. The Labute approximate surface area is 90.1 Å². The summed E-state index contributed by atoms with van der Waals surface area (Å²) in [6.07, 6.45) is 4.93. The van der Waals surface area contributed by atoms with Gasteiger partial charge < -0.3 is 0 Å². The zero-order chi connectivity index (χ0) is 11.1. The Morgan fingerprint density at radius 2 is 2.00 bits per heavy atom. The maximum atomic E-state index is 8.11. The molecule has 0 N–H and O–H groups in total. The average Bonchev–Trinajstić information content (AvgIpc) is 2.21. The van der Waals surface area contributed by atoms with Gasteiger partial charge in [0.1, 0.15) is 0 Å². The number of hydrogen-bond donors (Lipinski definition) is 0. The molecule has 1 rings (SSSR count). The summed E-state index contributed by atoms with van der Waals surface area (Å²) in [5.74, 6) is 0. The Kier molecular flexibility index (Phi) is 4.45. The van der Waals surface area contributed by atoms with Gasteiger partial charge in [0.2, 0.25) is 0 Å². The van der Waals surface area contributed by atoms with E-state index < -0.39 is 0 Å². The highest BCUT2D eigenvalue weighted by Gasteiger charge is 1.96. The van der Waals surface area contributed by atoms with Crippen molar-refractivity contribution in [2.75, 3.05) is 6.54 Å². The van der Waals surface area contributed by atoms with Gasteiger partial charge in [0.15, 0.2) is 0 Å². The minimum atomic E-state index is 0.526. The number of hydrogen-bond acceptors (Lipinski definition) is 1. The zero-order valence-corrected chi connectivity index (χ0v) is 9.14.